The maximum Gasteiger partial charge on any atom is 0.123 e. The van der Waals surface area contributed by atoms with Gasteiger partial charge in [-0.05, 0) is 38.3 Å². The zero-order valence-corrected chi connectivity index (χ0v) is 13.3. The second kappa shape index (κ2) is 9.80. The van der Waals surface area contributed by atoms with E-state index in [-0.39, 0.29) is 0 Å². The highest BCUT2D eigenvalue weighted by Gasteiger charge is 2.13. The second-order valence-electron chi connectivity index (χ2n) is 5.79. The molecule has 118 valence electrons. The molecule has 0 saturated heterocycles. The van der Waals surface area contributed by atoms with Crippen LogP contribution in [-0.2, 0) is 11.3 Å². The van der Waals surface area contributed by atoms with Crippen molar-refractivity contribution in [2.45, 2.75) is 45.6 Å². The van der Waals surface area contributed by atoms with E-state index < -0.39 is 0 Å². The molecule has 0 spiro atoms. The van der Waals surface area contributed by atoms with Crippen LogP contribution >= 0.6 is 0 Å². The standard InChI is InChI=1S/C18H29NO2/c1-2-20-12-13-21-18-11-7-6-10-17(18)15-19-14-16-8-4-3-5-9-16/h6-7,10-11,16,19H,2-5,8-9,12-15H2,1H3. The number of para-hydroxylation sites is 1. The van der Waals surface area contributed by atoms with Crippen molar-refractivity contribution in [3.05, 3.63) is 29.8 Å². The summed E-state index contributed by atoms with van der Waals surface area (Å²) < 4.78 is 11.1. The van der Waals surface area contributed by atoms with E-state index in [9.17, 15) is 0 Å². The maximum absolute atomic E-state index is 5.82. The molecule has 0 atom stereocenters. The topological polar surface area (TPSA) is 30.5 Å². The Hall–Kier alpha value is -1.06. The van der Waals surface area contributed by atoms with Gasteiger partial charge in [0.2, 0.25) is 0 Å². The zero-order chi connectivity index (χ0) is 14.8. The Morgan fingerprint density at radius 2 is 1.90 bits per heavy atom. The van der Waals surface area contributed by atoms with Crippen molar-refractivity contribution >= 4 is 0 Å². The molecule has 0 heterocycles. The summed E-state index contributed by atoms with van der Waals surface area (Å²) in [5, 5.41) is 3.60. The van der Waals surface area contributed by atoms with Gasteiger partial charge in [-0.25, -0.2) is 0 Å². The SMILES string of the molecule is CCOCCOc1ccccc1CNCC1CCCCC1. The van der Waals surface area contributed by atoms with Crippen LogP contribution in [0.4, 0.5) is 0 Å². The van der Waals surface area contributed by atoms with Crippen LogP contribution in [0.15, 0.2) is 24.3 Å². The van der Waals surface area contributed by atoms with Gasteiger partial charge in [0.15, 0.2) is 0 Å². The minimum Gasteiger partial charge on any atom is -0.491 e. The summed E-state index contributed by atoms with van der Waals surface area (Å²) in [6, 6.07) is 8.29. The Balaban J connectivity index is 1.73. The quantitative estimate of drug-likeness (QED) is 0.703. The Morgan fingerprint density at radius 1 is 1.10 bits per heavy atom. The lowest BCUT2D eigenvalue weighted by Gasteiger charge is -2.22. The molecule has 0 unspecified atom stereocenters. The second-order valence-corrected chi connectivity index (χ2v) is 5.79. The molecule has 0 aliphatic heterocycles. The van der Waals surface area contributed by atoms with Gasteiger partial charge >= 0.3 is 0 Å². The van der Waals surface area contributed by atoms with Gasteiger partial charge in [0.1, 0.15) is 12.4 Å². The fourth-order valence-corrected chi connectivity index (χ4v) is 2.95. The minimum atomic E-state index is 0.619. The molecule has 0 radical (unpaired) electrons. The van der Waals surface area contributed by atoms with Crippen molar-refractivity contribution < 1.29 is 9.47 Å². The van der Waals surface area contributed by atoms with Gasteiger partial charge in [-0.3, -0.25) is 0 Å². The molecule has 1 saturated carbocycles. The Labute approximate surface area is 129 Å². The molecule has 0 aromatic heterocycles. The van der Waals surface area contributed by atoms with Crippen LogP contribution in [0.5, 0.6) is 5.75 Å². The van der Waals surface area contributed by atoms with E-state index >= 15 is 0 Å². The third kappa shape index (κ3) is 6.06. The summed E-state index contributed by atoms with van der Waals surface area (Å²) in [7, 11) is 0. The summed E-state index contributed by atoms with van der Waals surface area (Å²) in [5.74, 6) is 1.85. The number of hydrogen-bond acceptors (Lipinski definition) is 3. The van der Waals surface area contributed by atoms with Crippen molar-refractivity contribution in [1.82, 2.24) is 5.32 Å². The van der Waals surface area contributed by atoms with Crippen LogP contribution in [0.1, 0.15) is 44.6 Å². The molecule has 1 aromatic carbocycles. The van der Waals surface area contributed by atoms with E-state index in [2.05, 4.69) is 17.4 Å². The highest BCUT2D eigenvalue weighted by atomic mass is 16.5. The largest absolute Gasteiger partial charge is 0.491 e. The summed E-state index contributed by atoms with van der Waals surface area (Å²) >= 11 is 0. The van der Waals surface area contributed by atoms with Gasteiger partial charge in [-0.2, -0.15) is 0 Å². The van der Waals surface area contributed by atoms with Crippen LogP contribution in [0.2, 0.25) is 0 Å². The first-order chi connectivity index (χ1) is 10.4. The fourth-order valence-electron chi connectivity index (χ4n) is 2.95. The normalized spacial score (nSPS) is 16.0. The van der Waals surface area contributed by atoms with Crippen molar-refractivity contribution in [2.24, 2.45) is 5.92 Å². The lowest BCUT2D eigenvalue weighted by atomic mass is 9.89. The number of benzene rings is 1. The molecule has 3 nitrogen and oxygen atoms in total. The maximum atomic E-state index is 5.82. The summed E-state index contributed by atoms with van der Waals surface area (Å²) in [6.07, 6.45) is 7.01. The van der Waals surface area contributed by atoms with E-state index in [1.54, 1.807) is 0 Å². The van der Waals surface area contributed by atoms with Crippen LogP contribution in [0.25, 0.3) is 0 Å². The molecule has 0 amide bonds. The number of nitrogens with one attached hydrogen (secondary N) is 1. The Bertz CT molecular complexity index is 389. The Kier molecular flexibility index (Phi) is 7.61. The lowest BCUT2D eigenvalue weighted by molar-refractivity contribution is 0.110. The monoisotopic (exact) mass is 291 g/mol. The minimum absolute atomic E-state index is 0.619. The molecule has 2 rings (SSSR count). The third-order valence-corrected chi connectivity index (χ3v) is 4.14. The highest BCUT2D eigenvalue weighted by molar-refractivity contribution is 5.33. The van der Waals surface area contributed by atoms with Crippen molar-refractivity contribution in [3.63, 3.8) is 0 Å². The molecule has 1 aromatic rings. The van der Waals surface area contributed by atoms with Gasteiger partial charge in [0.25, 0.3) is 0 Å². The van der Waals surface area contributed by atoms with Crippen LogP contribution in [-0.4, -0.2) is 26.4 Å². The molecular weight excluding hydrogens is 262 g/mol. The zero-order valence-electron chi connectivity index (χ0n) is 13.3. The molecule has 21 heavy (non-hydrogen) atoms. The van der Waals surface area contributed by atoms with Crippen LogP contribution in [0.3, 0.4) is 0 Å². The molecule has 1 aliphatic carbocycles. The van der Waals surface area contributed by atoms with E-state index in [1.165, 1.54) is 37.7 Å². The van der Waals surface area contributed by atoms with Crippen molar-refractivity contribution in [2.75, 3.05) is 26.4 Å². The van der Waals surface area contributed by atoms with Gasteiger partial charge < -0.3 is 14.8 Å². The van der Waals surface area contributed by atoms with Crippen molar-refractivity contribution in [1.29, 1.82) is 0 Å². The van der Waals surface area contributed by atoms with E-state index in [1.807, 2.05) is 19.1 Å². The number of hydrogen-bond donors (Lipinski definition) is 1. The number of rotatable bonds is 9. The predicted octanol–water partition coefficient (Wildman–Crippen LogP) is 3.77. The first-order valence-electron chi connectivity index (χ1n) is 8.39. The molecule has 1 aliphatic rings. The summed E-state index contributed by atoms with van der Waals surface area (Å²) in [4.78, 5) is 0. The summed E-state index contributed by atoms with van der Waals surface area (Å²) in [5.41, 5.74) is 1.24. The highest BCUT2D eigenvalue weighted by Crippen LogP contribution is 2.23. The van der Waals surface area contributed by atoms with Crippen LogP contribution < -0.4 is 10.1 Å². The lowest BCUT2D eigenvalue weighted by Crippen LogP contribution is -2.24. The predicted molar refractivity (Wildman–Crippen MR) is 86.7 cm³/mol. The molecule has 0 bridgehead atoms. The molecule has 3 heteroatoms. The van der Waals surface area contributed by atoms with E-state index in [4.69, 9.17) is 9.47 Å². The van der Waals surface area contributed by atoms with E-state index in [0.29, 0.717) is 13.2 Å². The van der Waals surface area contributed by atoms with Crippen molar-refractivity contribution in [3.8, 4) is 5.75 Å². The summed E-state index contributed by atoms with van der Waals surface area (Å²) in [6.45, 7) is 6.04. The average Bonchev–Trinajstić information content (AvgIpc) is 2.54. The van der Waals surface area contributed by atoms with Gasteiger partial charge in [-0.1, -0.05) is 37.5 Å². The first-order valence-corrected chi connectivity index (χ1v) is 8.39. The van der Waals surface area contributed by atoms with Gasteiger partial charge in [0.05, 0.1) is 6.61 Å². The molecule has 1 N–H and O–H groups in total. The van der Waals surface area contributed by atoms with Crippen LogP contribution in [0, 0.1) is 5.92 Å². The molecule has 1 fully saturated rings. The average molecular weight is 291 g/mol. The molecular formula is C18H29NO2. The fraction of sp³-hybridized carbons (Fsp3) is 0.667. The Morgan fingerprint density at radius 3 is 2.71 bits per heavy atom. The van der Waals surface area contributed by atoms with E-state index in [0.717, 1.165) is 31.4 Å². The van der Waals surface area contributed by atoms with Gasteiger partial charge in [0, 0.05) is 18.7 Å². The van der Waals surface area contributed by atoms with Gasteiger partial charge in [-0.15, -0.1) is 0 Å². The first kappa shape index (κ1) is 16.3. The third-order valence-electron chi connectivity index (χ3n) is 4.14. The number of ether oxygens (including phenoxy) is 2. The smallest absolute Gasteiger partial charge is 0.123 e.